The number of aliphatic carboxylic acids is 1. The molecular formula is C16H16F4N2O3. The second-order valence-corrected chi connectivity index (χ2v) is 5.37. The molecule has 0 radical (unpaired) electrons. The number of nitrogens with one attached hydrogen (secondary N) is 1. The van der Waals surface area contributed by atoms with Crippen LogP contribution in [0.25, 0.3) is 10.8 Å². The molecule has 1 saturated heterocycles. The van der Waals surface area contributed by atoms with E-state index < -0.39 is 12.1 Å². The Labute approximate surface area is 140 Å². The van der Waals surface area contributed by atoms with Crippen molar-refractivity contribution in [1.29, 1.82) is 0 Å². The molecule has 5 nitrogen and oxygen atoms in total. The van der Waals surface area contributed by atoms with Crippen molar-refractivity contribution in [2.45, 2.75) is 25.1 Å². The van der Waals surface area contributed by atoms with E-state index in [1.165, 1.54) is 6.07 Å². The van der Waals surface area contributed by atoms with E-state index >= 15 is 0 Å². The molecule has 2 N–H and O–H groups in total. The van der Waals surface area contributed by atoms with Crippen LogP contribution < -0.4 is 10.1 Å². The van der Waals surface area contributed by atoms with Crippen LogP contribution >= 0.6 is 0 Å². The Balaban J connectivity index is 0.000000277. The van der Waals surface area contributed by atoms with Gasteiger partial charge in [0.05, 0.1) is 0 Å². The van der Waals surface area contributed by atoms with Crippen molar-refractivity contribution in [1.82, 2.24) is 10.3 Å². The van der Waals surface area contributed by atoms with Gasteiger partial charge >= 0.3 is 12.1 Å². The highest BCUT2D eigenvalue weighted by atomic mass is 19.4. The molecule has 0 unspecified atom stereocenters. The summed E-state index contributed by atoms with van der Waals surface area (Å²) < 4.78 is 51.4. The molecule has 0 aliphatic carbocycles. The zero-order valence-corrected chi connectivity index (χ0v) is 13.0. The van der Waals surface area contributed by atoms with Crippen LogP contribution in [-0.4, -0.2) is 41.4 Å². The number of piperidine rings is 1. The fourth-order valence-electron chi connectivity index (χ4n) is 2.30. The molecule has 0 atom stereocenters. The number of benzene rings is 1. The van der Waals surface area contributed by atoms with Crippen LogP contribution in [0.2, 0.25) is 0 Å². The van der Waals surface area contributed by atoms with Gasteiger partial charge in [-0.2, -0.15) is 13.2 Å². The van der Waals surface area contributed by atoms with Gasteiger partial charge in [-0.25, -0.2) is 9.18 Å². The summed E-state index contributed by atoms with van der Waals surface area (Å²) in [5.41, 5.74) is 0. The average molecular weight is 360 g/mol. The molecule has 1 fully saturated rings. The number of ether oxygens (including phenoxy) is 1. The predicted octanol–water partition coefficient (Wildman–Crippen LogP) is 3.14. The van der Waals surface area contributed by atoms with Gasteiger partial charge in [0.2, 0.25) is 0 Å². The number of halogens is 4. The van der Waals surface area contributed by atoms with Crippen molar-refractivity contribution in [3.05, 3.63) is 36.4 Å². The first-order valence-corrected chi connectivity index (χ1v) is 7.48. The van der Waals surface area contributed by atoms with Crippen LogP contribution in [-0.2, 0) is 4.79 Å². The number of rotatable bonds is 2. The van der Waals surface area contributed by atoms with Crippen LogP contribution in [0.5, 0.6) is 5.75 Å². The Morgan fingerprint density at radius 3 is 2.52 bits per heavy atom. The van der Waals surface area contributed by atoms with Crippen LogP contribution in [0.4, 0.5) is 17.6 Å². The minimum Gasteiger partial charge on any atom is -0.490 e. The molecule has 1 aromatic heterocycles. The van der Waals surface area contributed by atoms with Gasteiger partial charge in [-0.05, 0) is 43.5 Å². The fourth-order valence-corrected chi connectivity index (χ4v) is 2.30. The molecule has 25 heavy (non-hydrogen) atoms. The van der Waals surface area contributed by atoms with Gasteiger partial charge in [-0.1, -0.05) is 0 Å². The zero-order valence-electron chi connectivity index (χ0n) is 13.0. The van der Waals surface area contributed by atoms with Gasteiger partial charge in [0.25, 0.3) is 0 Å². The third-order valence-corrected chi connectivity index (χ3v) is 3.51. The highest BCUT2D eigenvalue weighted by molar-refractivity contribution is 5.83. The molecule has 2 heterocycles. The molecule has 2 aromatic rings. The van der Waals surface area contributed by atoms with Crippen molar-refractivity contribution in [3.63, 3.8) is 0 Å². The van der Waals surface area contributed by atoms with Crippen LogP contribution in [0.1, 0.15) is 12.8 Å². The lowest BCUT2D eigenvalue weighted by Crippen LogP contribution is -2.34. The molecule has 0 bridgehead atoms. The minimum absolute atomic E-state index is 0.185. The number of carbonyl (C=O) groups is 1. The van der Waals surface area contributed by atoms with E-state index in [1.54, 1.807) is 18.5 Å². The lowest BCUT2D eigenvalue weighted by Gasteiger charge is -2.24. The summed E-state index contributed by atoms with van der Waals surface area (Å²) in [5, 5.41) is 11.8. The summed E-state index contributed by atoms with van der Waals surface area (Å²) in [7, 11) is 0. The lowest BCUT2D eigenvalue weighted by atomic mass is 10.1. The number of aromatic nitrogens is 1. The minimum atomic E-state index is -5.08. The molecular weight excluding hydrogens is 344 g/mol. The fraction of sp³-hybridized carbons (Fsp3) is 0.375. The number of alkyl halides is 3. The Morgan fingerprint density at radius 2 is 1.92 bits per heavy atom. The molecule has 1 aliphatic rings. The lowest BCUT2D eigenvalue weighted by molar-refractivity contribution is -0.192. The van der Waals surface area contributed by atoms with Crippen molar-refractivity contribution < 1.29 is 32.2 Å². The summed E-state index contributed by atoms with van der Waals surface area (Å²) >= 11 is 0. The summed E-state index contributed by atoms with van der Waals surface area (Å²) in [6.07, 6.45) is 0.242. The van der Waals surface area contributed by atoms with E-state index in [0.29, 0.717) is 11.1 Å². The maximum absolute atomic E-state index is 13.9. The standard InChI is InChI=1S/C14H15FN2O.C2HF3O2/c15-14-8-12(18-11-2-5-16-6-3-11)7-10-1-4-17-9-13(10)14;3-2(4,5)1(6)7/h1,4,7-9,11,16H,2-3,5-6H2;(H,6,7). The highest BCUT2D eigenvalue weighted by Gasteiger charge is 2.38. The van der Waals surface area contributed by atoms with Gasteiger partial charge in [0.15, 0.2) is 0 Å². The molecule has 0 spiro atoms. The molecule has 1 aliphatic heterocycles. The molecule has 0 amide bonds. The van der Waals surface area contributed by atoms with E-state index in [1.807, 2.05) is 6.07 Å². The van der Waals surface area contributed by atoms with E-state index in [4.69, 9.17) is 14.6 Å². The molecule has 9 heteroatoms. The van der Waals surface area contributed by atoms with E-state index in [2.05, 4.69) is 10.3 Å². The SMILES string of the molecule is Fc1cc(OC2CCNCC2)cc2ccncc12.O=C(O)C(F)(F)F. The number of hydrogen-bond acceptors (Lipinski definition) is 4. The smallest absolute Gasteiger partial charge is 0.490 e. The zero-order chi connectivity index (χ0) is 18.4. The van der Waals surface area contributed by atoms with E-state index in [0.717, 1.165) is 31.3 Å². The third-order valence-electron chi connectivity index (χ3n) is 3.51. The number of fused-ring (bicyclic) bond motifs is 1. The predicted molar refractivity (Wildman–Crippen MR) is 81.9 cm³/mol. The largest absolute Gasteiger partial charge is 0.490 e. The first-order valence-electron chi connectivity index (χ1n) is 7.48. The van der Waals surface area contributed by atoms with E-state index in [-0.39, 0.29) is 11.9 Å². The van der Waals surface area contributed by atoms with Crippen LogP contribution in [0.3, 0.4) is 0 Å². The Bertz CT molecular complexity index is 731. The Hall–Kier alpha value is -2.42. The summed E-state index contributed by atoms with van der Waals surface area (Å²) in [5.74, 6) is -2.42. The van der Waals surface area contributed by atoms with Gasteiger partial charge < -0.3 is 15.2 Å². The normalized spacial score (nSPS) is 15.4. The van der Waals surface area contributed by atoms with Gasteiger partial charge in [0.1, 0.15) is 17.7 Å². The number of carboxylic acid groups (broad SMARTS) is 1. The monoisotopic (exact) mass is 360 g/mol. The highest BCUT2D eigenvalue weighted by Crippen LogP contribution is 2.25. The summed E-state index contributed by atoms with van der Waals surface area (Å²) in [6, 6.07) is 5.13. The quantitative estimate of drug-likeness (QED) is 0.805. The number of hydrogen-bond donors (Lipinski definition) is 2. The van der Waals surface area contributed by atoms with Gasteiger partial charge in [-0.3, -0.25) is 4.98 Å². The summed E-state index contributed by atoms with van der Waals surface area (Å²) in [6.45, 7) is 1.93. The second kappa shape index (κ2) is 8.11. The number of pyridine rings is 1. The van der Waals surface area contributed by atoms with E-state index in [9.17, 15) is 17.6 Å². The molecule has 1 aromatic carbocycles. The van der Waals surface area contributed by atoms with Gasteiger partial charge in [-0.15, -0.1) is 0 Å². The molecule has 3 rings (SSSR count). The first kappa shape index (κ1) is 18.9. The third kappa shape index (κ3) is 5.56. The van der Waals surface area contributed by atoms with Crippen molar-refractivity contribution in [2.75, 3.05) is 13.1 Å². The molecule has 0 saturated carbocycles. The first-order chi connectivity index (χ1) is 11.8. The second-order valence-electron chi connectivity index (χ2n) is 5.37. The van der Waals surface area contributed by atoms with Crippen molar-refractivity contribution in [2.24, 2.45) is 0 Å². The Morgan fingerprint density at radius 1 is 1.28 bits per heavy atom. The van der Waals surface area contributed by atoms with Crippen LogP contribution in [0.15, 0.2) is 30.6 Å². The van der Waals surface area contributed by atoms with Gasteiger partial charge in [0, 0.05) is 23.8 Å². The van der Waals surface area contributed by atoms with Crippen LogP contribution in [0, 0.1) is 5.82 Å². The average Bonchev–Trinajstić information content (AvgIpc) is 2.55. The summed E-state index contributed by atoms with van der Waals surface area (Å²) in [4.78, 5) is 12.8. The number of carboxylic acids is 1. The number of nitrogens with zero attached hydrogens (tertiary/aromatic N) is 1. The Kier molecular flexibility index (Phi) is 6.13. The van der Waals surface area contributed by atoms with Crippen molar-refractivity contribution in [3.8, 4) is 5.75 Å². The van der Waals surface area contributed by atoms with Crippen molar-refractivity contribution >= 4 is 16.7 Å². The molecule has 136 valence electrons. The topological polar surface area (TPSA) is 71.5 Å². The maximum Gasteiger partial charge on any atom is 0.490 e. The maximum atomic E-state index is 13.9.